The van der Waals surface area contributed by atoms with Crippen molar-refractivity contribution in [2.24, 2.45) is 0 Å². The highest BCUT2D eigenvalue weighted by Crippen LogP contribution is 2.32. The number of pyridine rings is 2. The molecular weight excluding hydrogens is 471 g/mol. The van der Waals surface area contributed by atoms with Crippen LogP contribution in [0.4, 0.5) is 20.7 Å². The Kier molecular flexibility index (Phi) is 6.04. The standard InChI is InChI=1S/C28H25FN6O2/c1-28(2,3)37-27(36)34-22-12-11-18(16-20(22)29)35-25(19-10-7-15-31-24(19)30)33-23-14-13-21(32-26(23)35)17-8-5-4-6-9-17/h4-16H,1-3H3,(H2,30,31)(H,34,36). The minimum atomic E-state index is -0.745. The number of hydrogen-bond donors (Lipinski definition) is 2. The van der Waals surface area contributed by atoms with Gasteiger partial charge in [-0.15, -0.1) is 0 Å². The molecule has 2 aromatic carbocycles. The van der Waals surface area contributed by atoms with E-state index in [4.69, 9.17) is 20.4 Å². The Hall–Kier alpha value is -4.79. The molecule has 37 heavy (non-hydrogen) atoms. The van der Waals surface area contributed by atoms with E-state index in [9.17, 15) is 4.79 Å². The molecule has 0 saturated carbocycles. The van der Waals surface area contributed by atoms with Crippen LogP contribution >= 0.6 is 0 Å². The van der Waals surface area contributed by atoms with E-state index < -0.39 is 17.5 Å². The summed E-state index contributed by atoms with van der Waals surface area (Å²) in [6, 6.07) is 21.5. The summed E-state index contributed by atoms with van der Waals surface area (Å²) in [5.41, 5.74) is 9.29. The number of carbonyl (C=O) groups is 1. The lowest BCUT2D eigenvalue weighted by atomic mass is 10.1. The summed E-state index contributed by atoms with van der Waals surface area (Å²) in [5, 5.41) is 2.46. The van der Waals surface area contributed by atoms with Crippen molar-refractivity contribution in [1.82, 2.24) is 19.5 Å². The molecule has 8 nitrogen and oxygen atoms in total. The number of anilines is 2. The van der Waals surface area contributed by atoms with Crippen LogP contribution in [0.15, 0.2) is 79.0 Å². The molecule has 1 amide bonds. The van der Waals surface area contributed by atoms with Crippen molar-refractivity contribution in [2.75, 3.05) is 11.1 Å². The zero-order valence-electron chi connectivity index (χ0n) is 20.6. The van der Waals surface area contributed by atoms with E-state index in [2.05, 4.69) is 10.3 Å². The number of ether oxygens (including phenoxy) is 1. The van der Waals surface area contributed by atoms with E-state index in [-0.39, 0.29) is 11.5 Å². The van der Waals surface area contributed by atoms with Gasteiger partial charge in [0.1, 0.15) is 22.8 Å². The largest absolute Gasteiger partial charge is 0.444 e. The summed E-state index contributed by atoms with van der Waals surface area (Å²) < 4.78 is 22.2. The van der Waals surface area contributed by atoms with Crippen LogP contribution in [0.2, 0.25) is 0 Å². The highest BCUT2D eigenvalue weighted by Gasteiger charge is 2.21. The van der Waals surface area contributed by atoms with Gasteiger partial charge in [-0.3, -0.25) is 9.88 Å². The first kappa shape index (κ1) is 23.9. The van der Waals surface area contributed by atoms with Crippen LogP contribution in [-0.4, -0.2) is 31.2 Å². The van der Waals surface area contributed by atoms with Gasteiger partial charge in [-0.1, -0.05) is 30.3 Å². The van der Waals surface area contributed by atoms with E-state index in [1.54, 1.807) is 49.7 Å². The lowest BCUT2D eigenvalue weighted by Crippen LogP contribution is -2.27. The van der Waals surface area contributed by atoms with Crippen molar-refractivity contribution < 1.29 is 13.9 Å². The number of amides is 1. The fourth-order valence-electron chi connectivity index (χ4n) is 3.92. The molecule has 3 aromatic heterocycles. The molecule has 0 fully saturated rings. The number of carbonyl (C=O) groups excluding carboxylic acids is 1. The van der Waals surface area contributed by atoms with Crippen LogP contribution in [0, 0.1) is 5.82 Å². The number of nitrogens with one attached hydrogen (secondary N) is 1. The Labute approximate surface area is 213 Å². The fourth-order valence-corrected chi connectivity index (χ4v) is 3.92. The van der Waals surface area contributed by atoms with Crippen molar-refractivity contribution >= 4 is 28.8 Å². The highest BCUT2D eigenvalue weighted by molar-refractivity contribution is 5.87. The van der Waals surface area contributed by atoms with Gasteiger partial charge in [0.25, 0.3) is 0 Å². The fraction of sp³-hybridized carbons (Fsp3) is 0.143. The molecule has 0 bridgehead atoms. The Balaban J connectivity index is 1.65. The lowest BCUT2D eigenvalue weighted by Gasteiger charge is -2.20. The van der Waals surface area contributed by atoms with Gasteiger partial charge in [0.2, 0.25) is 0 Å². The minimum absolute atomic E-state index is 0.0113. The number of benzene rings is 2. The number of halogens is 1. The zero-order chi connectivity index (χ0) is 26.2. The zero-order valence-corrected chi connectivity index (χ0v) is 20.6. The van der Waals surface area contributed by atoms with Crippen LogP contribution in [0.5, 0.6) is 0 Å². The average molecular weight is 497 g/mol. The van der Waals surface area contributed by atoms with Crippen LogP contribution < -0.4 is 11.1 Å². The van der Waals surface area contributed by atoms with Gasteiger partial charge < -0.3 is 10.5 Å². The van der Waals surface area contributed by atoms with Gasteiger partial charge in [0.05, 0.1) is 22.6 Å². The first-order chi connectivity index (χ1) is 17.7. The third-order valence-corrected chi connectivity index (χ3v) is 5.50. The smallest absolute Gasteiger partial charge is 0.412 e. The number of nitrogens with zero attached hydrogens (tertiary/aromatic N) is 4. The topological polar surface area (TPSA) is 108 Å². The van der Waals surface area contributed by atoms with Gasteiger partial charge in [0, 0.05) is 17.8 Å². The molecule has 0 aliphatic heterocycles. The van der Waals surface area contributed by atoms with Crippen LogP contribution in [0.25, 0.3) is 39.5 Å². The molecule has 0 atom stereocenters. The van der Waals surface area contributed by atoms with E-state index >= 15 is 4.39 Å². The first-order valence-corrected chi connectivity index (χ1v) is 11.7. The average Bonchev–Trinajstić information content (AvgIpc) is 3.23. The summed E-state index contributed by atoms with van der Waals surface area (Å²) >= 11 is 0. The van der Waals surface area contributed by atoms with E-state index in [1.807, 2.05) is 42.5 Å². The van der Waals surface area contributed by atoms with Crippen LogP contribution in [0.3, 0.4) is 0 Å². The SMILES string of the molecule is CC(C)(C)OC(=O)Nc1ccc(-n2c(-c3cccnc3N)nc3ccc(-c4ccccc4)nc32)cc1F. The molecule has 0 radical (unpaired) electrons. The Morgan fingerprint density at radius 3 is 2.49 bits per heavy atom. The molecular formula is C28H25FN6O2. The summed E-state index contributed by atoms with van der Waals surface area (Å²) in [7, 11) is 0. The maximum absolute atomic E-state index is 15.2. The van der Waals surface area contributed by atoms with Gasteiger partial charge >= 0.3 is 6.09 Å². The number of aromatic nitrogens is 4. The van der Waals surface area contributed by atoms with E-state index in [0.29, 0.717) is 28.2 Å². The van der Waals surface area contributed by atoms with Crippen molar-refractivity contribution in [3.05, 3.63) is 84.8 Å². The number of rotatable bonds is 4. The molecule has 9 heteroatoms. The van der Waals surface area contributed by atoms with Crippen molar-refractivity contribution in [2.45, 2.75) is 26.4 Å². The van der Waals surface area contributed by atoms with Gasteiger partial charge in [-0.25, -0.2) is 24.1 Å². The number of nitrogen functional groups attached to an aromatic ring is 1. The highest BCUT2D eigenvalue weighted by atomic mass is 19.1. The number of fused-ring (bicyclic) bond motifs is 1. The predicted molar refractivity (Wildman–Crippen MR) is 142 cm³/mol. The number of nitrogens with two attached hydrogens (primary N) is 1. The third-order valence-electron chi connectivity index (χ3n) is 5.50. The summed E-state index contributed by atoms with van der Waals surface area (Å²) in [6.07, 6.45) is 0.846. The van der Waals surface area contributed by atoms with Crippen LogP contribution in [-0.2, 0) is 4.74 Å². The second kappa shape index (κ2) is 9.34. The molecule has 0 aliphatic rings. The second-order valence-electron chi connectivity index (χ2n) is 9.40. The third kappa shape index (κ3) is 4.97. The van der Waals surface area contributed by atoms with Crippen molar-refractivity contribution in [1.29, 1.82) is 0 Å². The Morgan fingerprint density at radius 1 is 1.00 bits per heavy atom. The molecule has 186 valence electrons. The second-order valence-corrected chi connectivity index (χ2v) is 9.40. The lowest BCUT2D eigenvalue weighted by molar-refractivity contribution is 0.0635. The Morgan fingerprint density at radius 2 is 1.78 bits per heavy atom. The molecule has 3 heterocycles. The van der Waals surface area contributed by atoms with Crippen molar-refractivity contribution in [3.8, 4) is 28.3 Å². The minimum Gasteiger partial charge on any atom is -0.444 e. The number of imidazole rings is 1. The van der Waals surface area contributed by atoms with Gasteiger partial charge in [-0.05, 0) is 57.2 Å². The number of hydrogen-bond acceptors (Lipinski definition) is 6. The quantitative estimate of drug-likeness (QED) is 0.306. The predicted octanol–water partition coefficient (Wildman–Crippen LogP) is 6.22. The molecule has 0 unspecified atom stereocenters. The summed E-state index contributed by atoms with van der Waals surface area (Å²) in [4.78, 5) is 26.0. The van der Waals surface area contributed by atoms with Crippen molar-refractivity contribution in [3.63, 3.8) is 0 Å². The van der Waals surface area contributed by atoms with Gasteiger partial charge in [-0.2, -0.15) is 0 Å². The van der Waals surface area contributed by atoms with Gasteiger partial charge in [0.15, 0.2) is 11.5 Å². The normalized spacial score (nSPS) is 11.5. The molecule has 5 aromatic rings. The molecule has 3 N–H and O–H groups in total. The monoisotopic (exact) mass is 496 g/mol. The molecule has 0 saturated heterocycles. The van der Waals surface area contributed by atoms with Crippen LogP contribution in [0.1, 0.15) is 20.8 Å². The maximum atomic E-state index is 15.2. The maximum Gasteiger partial charge on any atom is 0.412 e. The summed E-state index contributed by atoms with van der Waals surface area (Å²) in [5.74, 6) is 0.103. The first-order valence-electron chi connectivity index (χ1n) is 11.7. The molecule has 0 aliphatic carbocycles. The molecule has 0 spiro atoms. The Bertz CT molecular complexity index is 1610. The van der Waals surface area contributed by atoms with E-state index in [1.165, 1.54) is 12.1 Å². The van der Waals surface area contributed by atoms with E-state index in [0.717, 1.165) is 11.3 Å². The summed E-state index contributed by atoms with van der Waals surface area (Å²) in [6.45, 7) is 5.20. The molecule has 5 rings (SSSR count).